The molecule has 5 nitrogen and oxygen atoms in total. The molecule has 1 saturated heterocycles. The van der Waals surface area contributed by atoms with Gasteiger partial charge in [0.1, 0.15) is 0 Å². The molecule has 0 aromatic carbocycles. The van der Waals surface area contributed by atoms with E-state index in [0.29, 0.717) is 5.69 Å². The molecule has 148 valence electrons. The Morgan fingerprint density at radius 3 is 2.35 bits per heavy atom. The van der Waals surface area contributed by atoms with Gasteiger partial charge >= 0.3 is 6.18 Å². The number of carbonyl (C=O) groups excluding carboxylic acids is 1. The highest BCUT2D eigenvalue weighted by Gasteiger charge is 2.39. The van der Waals surface area contributed by atoms with E-state index in [1.807, 2.05) is 0 Å². The smallest absolute Gasteiger partial charge is 0.353 e. The summed E-state index contributed by atoms with van der Waals surface area (Å²) in [7, 11) is 0. The second kappa shape index (κ2) is 6.87. The molecular formula is C18H29F3N4O. The maximum atomic E-state index is 12.8. The lowest BCUT2D eigenvalue weighted by atomic mass is 9.79. The quantitative estimate of drug-likeness (QED) is 0.850. The molecular weight excluding hydrogens is 345 g/mol. The number of hydrogen-bond donors (Lipinski definition) is 2. The van der Waals surface area contributed by atoms with Crippen molar-refractivity contribution in [3.05, 3.63) is 17.5 Å². The lowest BCUT2D eigenvalue weighted by Gasteiger charge is -2.46. The van der Waals surface area contributed by atoms with Gasteiger partial charge in [0, 0.05) is 22.8 Å². The molecule has 2 heterocycles. The standard InChI is InChI=1S/C18H29F3N4O/c1-11(10-25-12(2)7-14(23-25)18(19,20)21)15(26)22-13-8-16(3,4)24-17(5,6)9-13/h7,11,13,24H,8-10H2,1-6H3,(H,22,26)/t11-/m1/s1. The van der Waals surface area contributed by atoms with Gasteiger partial charge in [-0.25, -0.2) is 0 Å². The van der Waals surface area contributed by atoms with Crippen molar-refractivity contribution in [3.8, 4) is 0 Å². The van der Waals surface area contributed by atoms with Crippen molar-refractivity contribution in [2.75, 3.05) is 0 Å². The molecule has 0 unspecified atom stereocenters. The predicted octanol–water partition coefficient (Wildman–Crippen LogP) is 3.27. The molecule has 8 heteroatoms. The van der Waals surface area contributed by atoms with Crippen LogP contribution in [0.15, 0.2) is 6.07 Å². The number of piperidine rings is 1. The third-order valence-electron chi connectivity index (χ3n) is 4.70. The Balaban J connectivity index is 2.01. The molecule has 0 aliphatic carbocycles. The SMILES string of the molecule is Cc1cc(C(F)(F)F)nn1C[C@@H](C)C(=O)NC1CC(C)(C)NC(C)(C)C1. The molecule has 1 aromatic rings. The third kappa shape index (κ3) is 5.22. The van der Waals surface area contributed by atoms with Crippen LogP contribution in [0.3, 0.4) is 0 Å². The second-order valence-electron chi connectivity index (χ2n) is 8.76. The number of amides is 1. The number of halogens is 3. The Kier molecular flexibility index (Phi) is 5.48. The van der Waals surface area contributed by atoms with Gasteiger partial charge in [-0.15, -0.1) is 0 Å². The van der Waals surface area contributed by atoms with Gasteiger partial charge in [0.05, 0.1) is 12.5 Å². The lowest BCUT2D eigenvalue weighted by molar-refractivity contribution is -0.141. The zero-order chi connectivity index (χ0) is 19.9. The minimum absolute atomic E-state index is 0.0284. The molecule has 0 spiro atoms. The fourth-order valence-corrected chi connectivity index (χ4v) is 3.94. The highest BCUT2D eigenvalue weighted by Crippen LogP contribution is 2.30. The van der Waals surface area contributed by atoms with Crippen LogP contribution in [0.1, 0.15) is 58.8 Å². The first kappa shape index (κ1) is 20.7. The molecule has 0 bridgehead atoms. The van der Waals surface area contributed by atoms with Gasteiger partial charge in [-0.05, 0) is 53.5 Å². The largest absolute Gasteiger partial charge is 0.435 e. The number of aryl methyl sites for hydroxylation is 1. The zero-order valence-corrected chi connectivity index (χ0v) is 16.3. The van der Waals surface area contributed by atoms with Crippen LogP contribution < -0.4 is 10.6 Å². The first-order chi connectivity index (χ1) is 11.7. The van der Waals surface area contributed by atoms with E-state index in [1.165, 1.54) is 4.68 Å². The normalized spacial score (nSPS) is 21.4. The summed E-state index contributed by atoms with van der Waals surface area (Å²) in [6, 6.07) is 1.03. The summed E-state index contributed by atoms with van der Waals surface area (Å²) in [5.74, 6) is -0.636. The first-order valence-corrected chi connectivity index (χ1v) is 8.90. The van der Waals surface area contributed by atoms with E-state index in [1.54, 1.807) is 13.8 Å². The zero-order valence-electron chi connectivity index (χ0n) is 16.3. The maximum absolute atomic E-state index is 12.8. The Hall–Kier alpha value is -1.57. The summed E-state index contributed by atoms with van der Waals surface area (Å²) >= 11 is 0. The molecule has 1 atom stereocenters. The molecule has 0 radical (unpaired) electrons. The van der Waals surface area contributed by atoms with Crippen molar-refractivity contribution in [2.24, 2.45) is 5.92 Å². The van der Waals surface area contributed by atoms with Crippen molar-refractivity contribution in [2.45, 2.75) is 84.2 Å². The highest BCUT2D eigenvalue weighted by molar-refractivity contribution is 5.78. The van der Waals surface area contributed by atoms with Crippen molar-refractivity contribution < 1.29 is 18.0 Å². The lowest BCUT2D eigenvalue weighted by Crippen LogP contribution is -2.62. The second-order valence-corrected chi connectivity index (χ2v) is 8.76. The van der Waals surface area contributed by atoms with E-state index in [4.69, 9.17) is 0 Å². The number of nitrogens with zero attached hydrogens (tertiary/aromatic N) is 2. The topological polar surface area (TPSA) is 59.0 Å². The Morgan fingerprint density at radius 2 is 1.88 bits per heavy atom. The van der Waals surface area contributed by atoms with Gasteiger partial charge in [0.2, 0.25) is 5.91 Å². The fraction of sp³-hybridized carbons (Fsp3) is 0.778. The van der Waals surface area contributed by atoms with Crippen molar-refractivity contribution in [3.63, 3.8) is 0 Å². The minimum atomic E-state index is -4.48. The number of nitrogens with one attached hydrogen (secondary N) is 2. The van der Waals surface area contributed by atoms with Crippen LogP contribution in [0.2, 0.25) is 0 Å². The average molecular weight is 374 g/mol. The summed E-state index contributed by atoms with van der Waals surface area (Å²) in [6.07, 6.45) is -2.88. The number of alkyl halides is 3. The number of carbonyl (C=O) groups is 1. The Bertz CT molecular complexity index is 648. The van der Waals surface area contributed by atoms with Crippen molar-refractivity contribution in [1.29, 1.82) is 0 Å². The highest BCUT2D eigenvalue weighted by atomic mass is 19.4. The number of hydrogen-bond acceptors (Lipinski definition) is 3. The molecule has 0 saturated carbocycles. The van der Waals surface area contributed by atoms with Crippen LogP contribution in [0.5, 0.6) is 0 Å². The van der Waals surface area contributed by atoms with Gasteiger partial charge in [0.25, 0.3) is 0 Å². The van der Waals surface area contributed by atoms with E-state index >= 15 is 0 Å². The summed E-state index contributed by atoms with van der Waals surface area (Å²) in [5.41, 5.74) is -0.725. The van der Waals surface area contributed by atoms with E-state index in [-0.39, 0.29) is 29.6 Å². The minimum Gasteiger partial charge on any atom is -0.353 e. The number of aromatic nitrogens is 2. The first-order valence-electron chi connectivity index (χ1n) is 8.90. The molecule has 1 aliphatic rings. The van der Waals surface area contributed by atoms with Crippen LogP contribution in [-0.2, 0) is 17.5 Å². The molecule has 1 amide bonds. The Labute approximate surface area is 152 Å². The van der Waals surface area contributed by atoms with E-state index in [9.17, 15) is 18.0 Å². The molecule has 1 aromatic heterocycles. The predicted molar refractivity (Wildman–Crippen MR) is 93.6 cm³/mol. The van der Waals surface area contributed by atoms with Crippen LogP contribution in [0, 0.1) is 12.8 Å². The molecule has 1 fully saturated rings. The maximum Gasteiger partial charge on any atom is 0.435 e. The van der Waals surface area contributed by atoms with Crippen LogP contribution in [0.25, 0.3) is 0 Å². The van der Waals surface area contributed by atoms with Crippen molar-refractivity contribution >= 4 is 5.91 Å². The van der Waals surface area contributed by atoms with Crippen LogP contribution in [0.4, 0.5) is 13.2 Å². The molecule has 26 heavy (non-hydrogen) atoms. The van der Waals surface area contributed by atoms with E-state index in [2.05, 4.69) is 43.4 Å². The summed E-state index contributed by atoms with van der Waals surface area (Å²) in [6.45, 7) is 11.8. The molecule has 2 rings (SSSR count). The summed E-state index contributed by atoms with van der Waals surface area (Å²) in [4.78, 5) is 12.6. The van der Waals surface area contributed by atoms with Gasteiger partial charge in [-0.1, -0.05) is 6.92 Å². The van der Waals surface area contributed by atoms with Gasteiger partial charge in [0.15, 0.2) is 5.69 Å². The molecule has 1 aliphatic heterocycles. The summed E-state index contributed by atoms with van der Waals surface area (Å²) < 4.78 is 39.6. The average Bonchev–Trinajstić information content (AvgIpc) is 2.76. The fourth-order valence-electron chi connectivity index (χ4n) is 3.94. The summed E-state index contributed by atoms with van der Waals surface area (Å²) in [5, 5.41) is 10.2. The Morgan fingerprint density at radius 1 is 1.35 bits per heavy atom. The molecule has 2 N–H and O–H groups in total. The van der Waals surface area contributed by atoms with Crippen molar-refractivity contribution in [1.82, 2.24) is 20.4 Å². The van der Waals surface area contributed by atoms with Crippen LogP contribution >= 0.6 is 0 Å². The van der Waals surface area contributed by atoms with Gasteiger partial charge in [-0.2, -0.15) is 18.3 Å². The number of rotatable bonds is 4. The van der Waals surface area contributed by atoms with Crippen LogP contribution in [-0.4, -0.2) is 32.8 Å². The van der Waals surface area contributed by atoms with Gasteiger partial charge < -0.3 is 10.6 Å². The monoisotopic (exact) mass is 374 g/mol. The van der Waals surface area contributed by atoms with E-state index < -0.39 is 17.8 Å². The third-order valence-corrected chi connectivity index (χ3v) is 4.70. The van der Waals surface area contributed by atoms with E-state index in [0.717, 1.165) is 18.9 Å². The van der Waals surface area contributed by atoms with Gasteiger partial charge in [-0.3, -0.25) is 9.48 Å².